The fourth-order valence-corrected chi connectivity index (χ4v) is 17.9. The molecule has 1 heterocycles. The Bertz CT molecular complexity index is 2460. The molecule has 13 heteroatoms. The lowest BCUT2D eigenvalue weighted by Crippen LogP contribution is -2.66. The quantitative estimate of drug-likeness (QED) is 0.0938. The molecule has 13 nitrogen and oxygen atoms in total. The summed E-state index contributed by atoms with van der Waals surface area (Å²) in [4.78, 5) is 68.9. The van der Waals surface area contributed by atoms with Crippen LogP contribution in [0, 0.1) is 50.2 Å². The molecule has 72 heavy (non-hydrogen) atoms. The van der Waals surface area contributed by atoms with Crippen molar-refractivity contribution >= 4 is 29.7 Å². The number of fused-ring (bicyclic) bond motifs is 8. The standard InChI is InChI=1S/C59H84N2O11/c1-34(62)71-41-33-59-29-30-61(39(48(59)51(69-11)50(41)72-35(2)63)31-36-17-19-40(68-10)49(66)47(36)59)46(65)16-14-13-15-45(64)60-44-22-23-55(7)42(54(44,5)6)21-24-57(9)43(55)20-18-37-38-32-53(3,4)25-27-58(38,52(67)70-12)28-26-56(37,57)8/h17-19,38-39,41-44,50,66H,13-16,20-33H2,1-12H3,(H,60,64)/t38-,39-,41?,42-,43+,44-,50?,55-,56+,57+,58-,59-/m0/s1. The number of esters is 3. The summed E-state index contributed by atoms with van der Waals surface area (Å²) < 4.78 is 28.9. The van der Waals surface area contributed by atoms with Crippen molar-refractivity contribution in [1.29, 1.82) is 0 Å². The molecule has 0 radical (unpaired) electrons. The van der Waals surface area contributed by atoms with Crippen LogP contribution in [-0.2, 0) is 54.8 Å². The van der Waals surface area contributed by atoms with Gasteiger partial charge in [0.2, 0.25) is 11.8 Å². The number of phenols is 1. The number of ether oxygens (including phenoxy) is 5. The van der Waals surface area contributed by atoms with Crippen molar-refractivity contribution < 1.29 is 52.8 Å². The van der Waals surface area contributed by atoms with Crippen molar-refractivity contribution in [2.24, 2.45) is 50.2 Å². The molecule has 12 atom stereocenters. The van der Waals surface area contributed by atoms with Crippen molar-refractivity contribution in [3.05, 3.63) is 46.2 Å². The van der Waals surface area contributed by atoms with E-state index >= 15 is 0 Å². The Morgan fingerprint density at radius 3 is 2.18 bits per heavy atom. The highest BCUT2D eigenvalue weighted by Crippen LogP contribution is 2.76. The van der Waals surface area contributed by atoms with Crippen molar-refractivity contribution in [1.82, 2.24) is 10.2 Å². The summed E-state index contributed by atoms with van der Waals surface area (Å²) in [5.41, 5.74) is 2.78. The number of aromatic hydroxyl groups is 1. The van der Waals surface area contributed by atoms with Gasteiger partial charge in [-0.2, -0.15) is 0 Å². The maximum absolute atomic E-state index is 14.4. The van der Waals surface area contributed by atoms with Crippen LogP contribution in [0.4, 0.5) is 0 Å². The molecular weight excluding hydrogens is 913 g/mol. The number of rotatable bonds is 11. The van der Waals surface area contributed by atoms with Crippen molar-refractivity contribution in [3.63, 3.8) is 0 Å². The van der Waals surface area contributed by atoms with Crippen LogP contribution in [0.3, 0.4) is 0 Å². The van der Waals surface area contributed by atoms with Gasteiger partial charge in [-0.1, -0.05) is 66.2 Å². The molecule has 1 aromatic carbocycles. The molecular formula is C59H84N2O11. The summed E-state index contributed by atoms with van der Waals surface area (Å²) in [6.45, 7) is 20.2. The maximum atomic E-state index is 14.4. The molecule has 1 aliphatic heterocycles. The van der Waals surface area contributed by atoms with Crippen LogP contribution in [0.2, 0.25) is 0 Å². The van der Waals surface area contributed by atoms with Crippen LogP contribution in [-0.4, -0.2) is 91.9 Å². The normalized spacial score (nSPS) is 37.9. The predicted octanol–water partition coefficient (Wildman–Crippen LogP) is 9.98. The van der Waals surface area contributed by atoms with Crippen LogP contribution in [0.1, 0.15) is 176 Å². The van der Waals surface area contributed by atoms with Gasteiger partial charge in [-0.25, -0.2) is 0 Å². The largest absolute Gasteiger partial charge is 0.504 e. The van der Waals surface area contributed by atoms with Crippen LogP contribution >= 0.6 is 0 Å². The van der Waals surface area contributed by atoms with E-state index in [1.165, 1.54) is 28.1 Å². The van der Waals surface area contributed by atoms with Crippen LogP contribution < -0.4 is 10.1 Å². The van der Waals surface area contributed by atoms with Gasteiger partial charge in [0.1, 0.15) is 11.9 Å². The summed E-state index contributed by atoms with van der Waals surface area (Å²) >= 11 is 0. The third-order valence-electron chi connectivity index (χ3n) is 21.5. The minimum Gasteiger partial charge on any atom is -0.504 e. The summed E-state index contributed by atoms with van der Waals surface area (Å²) in [6.07, 6.45) is 13.6. The van der Waals surface area contributed by atoms with Crippen molar-refractivity contribution in [3.8, 4) is 11.5 Å². The third kappa shape index (κ3) is 7.90. The van der Waals surface area contributed by atoms with Gasteiger partial charge in [-0.3, -0.25) is 24.0 Å². The van der Waals surface area contributed by atoms with Gasteiger partial charge in [0.25, 0.3) is 0 Å². The summed E-state index contributed by atoms with van der Waals surface area (Å²) in [5, 5.41) is 15.3. The zero-order valence-corrected chi connectivity index (χ0v) is 45.5. The Morgan fingerprint density at radius 1 is 0.792 bits per heavy atom. The lowest BCUT2D eigenvalue weighted by atomic mass is 9.33. The van der Waals surface area contributed by atoms with E-state index in [0.717, 1.165) is 75.3 Å². The molecule has 2 bridgehead atoms. The van der Waals surface area contributed by atoms with Crippen molar-refractivity contribution in [2.45, 2.75) is 201 Å². The lowest BCUT2D eigenvalue weighted by Gasteiger charge is -2.71. The van der Waals surface area contributed by atoms with E-state index in [4.69, 9.17) is 23.7 Å². The van der Waals surface area contributed by atoms with E-state index in [2.05, 4.69) is 59.9 Å². The van der Waals surface area contributed by atoms with Gasteiger partial charge in [0.15, 0.2) is 17.6 Å². The third-order valence-corrected chi connectivity index (χ3v) is 21.5. The van der Waals surface area contributed by atoms with Crippen LogP contribution in [0.25, 0.3) is 0 Å². The Labute approximate surface area is 428 Å². The number of methoxy groups -OCH3 is 3. The van der Waals surface area contributed by atoms with Gasteiger partial charge in [-0.05, 0) is 146 Å². The molecule has 1 saturated heterocycles. The molecule has 8 aliphatic rings. The van der Waals surface area contributed by atoms with Gasteiger partial charge in [0.05, 0.1) is 32.8 Å². The lowest BCUT2D eigenvalue weighted by molar-refractivity contribution is -0.193. The molecule has 396 valence electrons. The van der Waals surface area contributed by atoms with Gasteiger partial charge < -0.3 is 39.0 Å². The minimum atomic E-state index is -1.04. The number of nitrogens with one attached hydrogen (secondary N) is 1. The average molecular weight is 997 g/mol. The van der Waals surface area contributed by atoms with E-state index < -0.39 is 41.0 Å². The fourth-order valence-electron chi connectivity index (χ4n) is 17.9. The molecule has 0 spiro atoms. The summed E-state index contributed by atoms with van der Waals surface area (Å²) in [6, 6.07) is 3.23. The molecule has 0 aromatic heterocycles. The highest BCUT2D eigenvalue weighted by Gasteiger charge is 2.70. The molecule has 7 aliphatic carbocycles. The minimum absolute atomic E-state index is 0.00558. The SMILES string of the molecule is COC(=O)[C@]12CCC(C)(C)C[C@H]1C1=CC[C@@H]3[C@@]4(C)CC[C@H](NC(=O)CCCCC(=O)N5CC[C@@]67CC(OC(C)=O)C(OC(C)=O)C(OC)=C6[C@@H]5Cc5ccc(OC)c(O)c57)C(C)(C)[C@@H]4CC[C@@]3(C)[C@]1(C)CC2. The molecule has 9 rings (SSSR count). The number of nitrogens with zero attached hydrogens (tertiary/aromatic N) is 1. The smallest absolute Gasteiger partial charge is 0.312 e. The molecule has 2 N–H and O–H groups in total. The fraction of sp³-hybridized carbons (Fsp3) is 0.746. The highest BCUT2D eigenvalue weighted by atomic mass is 16.6. The van der Waals surface area contributed by atoms with E-state index in [-0.39, 0.29) is 75.4 Å². The number of allylic oxidation sites excluding steroid dienone is 2. The Hall–Kier alpha value is -4.55. The summed E-state index contributed by atoms with van der Waals surface area (Å²) in [7, 11) is 4.56. The van der Waals surface area contributed by atoms with E-state index in [1.807, 2.05) is 11.0 Å². The molecule has 4 saturated carbocycles. The van der Waals surface area contributed by atoms with E-state index in [9.17, 15) is 29.1 Å². The number of piperidine rings is 1. The maximum Gasteiger partial charge on any atom is 0.312 e. The van der Waals surface area contributed by atoms with Crippen molar-refractivity contribution in [2.75, 3.05) is 27.9 Å². The van der Waals surface area contributed by atoms with Gasteiger partial charge >= 0.3 is 17.9 Å². The second-order valence-electron chi connectivity index (χ2n) is 25.7. The number of hydrogen-bond donors (Lipinski definition) is 2. The number of carbonyl (C=O) groups excluding carboxylic acids is 5. The predicted molar refractivity (Wildman–Crippen MR) is 271 cm³/mol. The highest BCUT2D eigenvalue weighted by molar-refractivity contribution is 5.80. The van der Waals surface area contributed by atoms with Gasteiger partial charge in [-0.15, -0.1) is 0 Å². The topological polar surface area (TPSA) is 167 Å². The molecule has 1 aromatic rings. The number of amides is 2. The first kappa shape index (κ1) is 52.3. The zero-order chi connectivity index (χ0) is 52.1. The monoisotopic (exact) mass is 997 g/mol. The number of carbonyl (C=O) groups is 5. The number of phenolic OH excluding ortho intramolecular Hbond substituents is 1. The first-order valence-electron chi connectivity index (χ1n) is 27.3. The van der Waals surface area contributed by atoms with Crippen LogP contribution in [0.15, 0.2) is 35.1 Å². The van der Waals surface area contributed by atoms with E-state index in [0.29, 0.717) is 67.6 Å². The number of likely N-dealkylation sites (tertiary alicyclic amines) is 1. The Morgan fingerprint density at radius 2 is 1.50 bits per heavy atom. The second kappa shape index (κ2) is 18.4. The molecule has 2 amide bonds. The Balaban J connectivity index is 0.866. The van der Waals surface area contributed by atoms with E-state index in [1.54, 1.807) is 18.7 Å². The number of unbranched alkanes of at least 4 members (excludes halogenated alkanes) is 1. The molecule has 5 fully saturated rings. The second-order valence-corrected chi connectivity index (χ2v) is 25.7. The molecule has 2 unspecified atom stereocenters. The Kier molecular flexibility index (Phi) is 13.4. The average Bonchev–Trinajstić information content (AvgIpc) is 3.30. The van der Waals surface area contributed by atoms with Gasteiger partial charge in [0, 0.05) is 62.2 Å². The van der Waals surface area contributed by atoms with Crippen LogP contribution in [0.5, 0.6) is 11.5 Å². The summed E-state index contributed by atoms with van der Waals surface area (Å²) in [5.74, 6) is 0.674. The number of hydrogen-bond acceptors (Lipinski definition) is 11. The first-order chi connectivity index (χ1) is 33.9. The number of benzene rings is 1. The first-order valence-corrected chi connectivity index (χ1v) is 27.3. The zero-order valence-electron chi connectivity index (χ0n) is 45.5.